The Morgan fingerprint density at radius 1 is 0.605 bits per heavy atom. The quantitative estimate of drug-likeness (QED) is 0.127. The molecular weight excluding hydrogens is 480 g/mol. The van der Waals surface area contributed by atoms with E-state index in [1.807, 2.05) is 68.4 Å². The van der Waals surface area contributed by atoms with Gasteiger partial charge in [0.25, 0.3) is 0 Å². The molecule has 0 heterocycles. The largest absolute Gasteiger partial charge is 0.494 e. The third-order valence-electron chi connectivity index (χ3n) is 6.47. The van der Waals surface area contributed by atoms with Gasteiger partial charge in [0.15, 0.2) is 0 Å². The normalized spacial score (nSPS) is 13.3. The van der Waals surface area contributed by atoms with Gasteiger partial charge in [-0.2, -0.15) is 0 Å². The lowest BCUT2D eigenvalue weighted by molar-refractivity contribution is 0.0734. The molecule has 4 aromatic rings. The van der Waals surface area contributed by atoms with Crippen LogP contribution < -0.4 is 23.7 Å². The molecule has 0 bridgehead atoms. The molecule has 0 radical (unpaired) electrons. The van der Waals surface area contributed by atoms with Crippen molar-refractivity contribution in [2.24, 2.45) is 0 Å². The van der Waals surface area contributed by atoms with E-state index in [-0.39, 0.29) is 12.7 Å². The lowest BCUT2D eigenvalue weighted by Gasteiger charge is -2.12. The number of hydrogen-bond acceptors (Lipinski definition) is 6. The minimum Gasteiger partial charge on any atom is -0.494 e. The number of ether oxygens (including phenoxy) is 5. The maximum absolute atomic E-state index is 12.7. The fourth-order valence-electron chi connectivity index (χ4n) is 4.59. The summed E-state index contributed by atoms with van der Waals surface area (Å²) in [5.74, 6) is 3.21. The molecule has 1 aliphatic carbocycles. The average molecular weight is 511 g/mol. The summed E-state index contributed by atoms with van der Waals surface area (Å²) in [6, 6.07) is 26.3. The van der Waals surface area contributed by atoms with Crippen molar-refractivity contribution in [1.29, 1.82) is 0 Å². The molecule has 194 valence electrons. The third kappa shape index (κ3) is 5.44. The van der Waals surface area contributed by atoms with Crippen molar-refractivity contribution in [2.75, 3.05) is 20.0 Å². The smallest absolute Gasteiger partial charge is 0.343 e. The summed E-state index contributed by atoms with van der Waals surface area (Å²) in [6.45, 7) is 7.31. The predicted molar refractivity (Wildman–Crippen MR) is 146 cm³/mol. The second-order valence-corrected chi connectivity index (χ2v) is 8.88. The molecule has 38 heavy (non-hydrogen) atoms. The highest BCUT2D eigenvalue weighted by atomic mass is 16.7. The first-order valence-corrected chi connectivity index (χ1v) is 12.8. The van der Waals surface area contributed by atoms with E-state index >= 15 is 0 Å². The lowest BCUT2D eigenvalue weighted by atomic mass is 9.99. The third-order valence-corrected chi connectivity index (χ3v) is 6.47. The minimum absolute atomic E-state index is 0.0970. The zero-order chi connectivity index (χ0) is 26.5. The lowest BCUT2D eigenvalue weighted by Crippen LogP contribution is -2.08. The highest BCUT2D eigenvalue weighted by molar-refractivity contribution is 5.91. The molecule has 0 N–H and O–H groups in total. The standard InChI is InChI=1S/C32H30O6/c1-4-34-23-8-6-22(7-9-23)32(33)38-27-15-17-29-28-16-14-26(18-30(28)21(3)31(29)19-27)37-20-36-25-12-10-24(11-13-25)35-5-2/h6-19,21H,4-5,20H2,1-3H3. The molecule has 6 heteroatoms. The maximum Gasteiger partial charge on any atom is 0.343 e. The monoisotopic (exact) mass is 510 g/mol. The SMILES string of the molecule is CCOc1ccc(OCOc2ccc3c(c2)C(C)c2cc(OC(=O)c4ccc(OCC)cc4)ccc2-3)cc1. The van der Waals surface area contributed by atoms with E-state index in [4.69, 9.17) is 23.7 Å². The van der Waals surface area contributed by atoms with Crippen LogP contribution in [0, 0.1) is 0 Å². The summed E-state index contributed by atoms with van der Waals surface area (Å²) in [5, 5.41) is 0. The van der Waals surface area contributed by atoms with Crippen molar-refractivity contribution < 1.29 is 28.5 Å². The molecule has 1 aliphatic rings. The Kier molecular flexibility index (Phi) is 7.50. The van der Waals surface area contributed by atoms with Gasteiger partial charge in [-0.15, -0.1) is 0 Å². The van der Waals surface area contributed by atoms with Crippen LogP contribution in [0.4, 0.5) is 0 Å². The summed E-state index contributed by atoms with van der Waals surface area (Å²) >= 11 is 0. The number of hydrogen-bond donors (Lipinski definition) is 0. The minimum atomic E-state index is -0.403. The first-order valence-electron chi connectivity index (χ1n) is 12.8. The molecule has 5 rings (SSSR count). The Balaban J connectivity index is 1.23. The van der Waals surface area contributed by atoms with E-state index < -0.39 is 5.97 Å². The number of fused-ring (bicyclic) bond motifs is 3. The summed E-state index contributed by atoms with van der Waals surface area (Å²) in [4.78, 5) is 12.7. The van der Waals surface area contributed by atoms with Crippen molar-refractivity contribution in [2.45, 2.75) is 26.7 Å². The summed E-state index contributed by atoms with van der Waals surface area (Å²) in [7, 11) is 0. The van der Waals surface area contributed by atoms with Crippen molar-refractivity contribution in [3.63, 3.8) is 0 Å². The van der Waals surface area contributed by atoms with Crippen LogP contribution in [-0.2, 0) is 0 Å². The zero-order valence-electron chi connectivity index (χ0n) is 21.7. The van der Waals surface area contributed by atoms with Gasteiger partial charge in [-0.25, -0.2) is 4.79 Å². The zero-order valence-corrected chi connectivity index (χ0v) is 21.7. The molecule has 0 saturated heterocycles. The molecule has 1 unspecified atom stereocenters. The fourth-order valence-corrected chi connectivity index (χ4v) is 4.59. The Labute approximate surface area is 222 Å². The second kappa shape index (κ2) is 11.3. The molecule has 0 aromatic heterocycles. The van der Waals surface area contributed by atoms with Crippen LogP contribution in [0.25, 0.3) is 11.1 Å². The van der Waals surface area contributed by atoms with Gasteiger partial charge >= 0.3 is 5.97 Å². The number of carbonyl (C=O) groups is 1. The Morgan fingerprint density at radius 2 is 1.05 bits per heavy atom. The molecule has 0 fully saturated rings. The van der Waals surface area contributed by atoms with Gasteiger partial charge in [0.1, 0.15) is 28.7 Å². The van der Waals surface area contributed by atoms with Gasteiger partial charge in [0, 0.05) is 5.92 Å². The molecule has 0 spiro atoms. The van der Waals surface area contributed by atoms with E-state index in [2.05, 4.69) is 13.0 Å². The number of carbonyl (C=O) groups excluding carboxylic acids is 1. The van der Waals surface area contributed by atoms with E-state index in [9.17, 15) is 4.79 Å². The van der Waals surface area contributed by atoms with Gasteiger partial charge in [-0.05, 0) is 109 Å². The molecule has 6 nitrogen and oxygen atoms in total. The van der Waals surface area contributed by atoms with Gasteiger partial charge in [0.05, 0.1) is 18.8 Å². The topological polar surface area (TPSA) is 63.2 Å². The van der Waals surface area contributed by atoms with Crippen molar-refractivity contribution in [3.05, 3.63) is 102 Å². The Bertz CT molecular complexity index is 1410. The van der Waals surface area contributed by atoms with Crippen LogP contribution in [-0.4, -0.2) is 26.0 Å². The van der Waals surface area contributed by atoms with Crippen LogP contribution in [0.1, 0.15) is 48.2 Å². The van der Waals surface area contributed by atoms with Crippen LogP contribution in [0.3, 0.4) is 0 Å². The first-order chi connectivity index (χ1) is 18.6. The van der Waals surface area contributed by atoms with Crippen LogP contribution in [0.5, 0.6) is 28.7 Å². The molecule has 1 atom stereocenters. The van der Waals surface area contributed by atoms with Gasteiger partial charge in [0.2, 0.25) is 6.79 Å². The van der Waals surface area contributed by atoms with E-state index in [1.165, 1.54) is 0 Å². The average Bonchev–Trinajstić information content (AvgIpc) is 3.21. The summed E-state index contributed by atoms with van der Waals surface area (Å²) in [6.07, 6.45) is 0. The van der Waals surface area contributed by atoms with Crippen molar-refractivity contribution in [1.82, 2.24) is 0 Å². The van der Waals surface area contributed by atoms with Crippen LogP contribution in [0.2, 0.25) is 0 Å². The van der Waals surface area contributed by atoms with Crippen LogP contribution in [0.15, 0.2) is 84.9 Å². The van der Waals surface area contributed by atoms with Gasteiger partial charge in [-0.1, -0.05) is 19.1 Å². The molecular formula is C32H30O6. The first kappa shape index (κ1) is 25.2. The van der Waals surface area contributed by atoms with E-state index in [1.54, 1.807) is 24.3 Å². The number of rotatable bonds is 10. The number of benzene rings is 4. The predicted octanol–water partition coefficient (Wildman–Crippen LogP) is 7.25. The Hall–Kier alpha value is -4.45. The van der Waals surface area contributed by atoms with Crippen molar-refractivity contribution >= 4 is 5.97 Å². The van der Waals surface area contributed by atoms with Gasteiger partial charge < -0.3 is 23.7 Å². The number of esters is 1. The second-order valence-electron chi connectivity index (χ2n) is 8.88. The highest BCUT2D eigenvalue weighted by Crippen LogP contribution is 2.47. The fraction of sp³-hybridized carbons (Fsp3) is 0.219. The van der Waals surface area contributed by atoms with E-state index in [0.29, 0.717) is 30.3 Å². The molecule has 4 aromatic carbocycles. The molecule has 0 saturated carbocycles. The van der Waals surface area contributed by atoms with Gasteiger partial charge in [-0.3, -0.25) is 0 Å². The molecule has 0 aliphatic heterocycles. The van der Waals surface area contributed by atoms with E-state index in [0.717, 1.165) is 39.5 Å². The summed E-state index contributed by atoms with van der Waals surface area (Å²) < 4.78 is 28.2. The summed E-state index contributed by atoms with van der Waals surface area (Å²) in [5.41, 5.74) is 5.02. The highest BCUT2D eigenvalue weighted by Gasteiger charge is 2.27. The van der Waals surface area contributed by atoms with Crippen LogP contribution >= 0.6 is 0 Å². The maximum atomic E-state index is 12.7. The Morgan fingerprint density at radius 3 is 1.63 bits per heavy atom. The molecule has 0 amide bonds. The van der Waals surface area contributed by atoms with Crippen molar-refractivity contribution in [3.8, 4) is 39.9 Å².